The molecule has 0 spiro atoms. The third kappa shape index (κ3) is 2.55. The molecule has 3 aliphatic heterocycles. The van der Waals surface area contributed by atoms with Crippen molar-refractivity contribution < 1.29 is 9.21 Å². The van der Waals surface area contributed by atoms with Crippen LogP contribution < -0.4 is 5.32 Å². The fraction of sp³-hybridized carbons (Fsp3) is 0.389. The second-order valence-electron chi connectivity index (χ2n) is 6.26. The molecule has 1 aromatic heterocycles. The molecule has 3 fully saturated rings. The molecule has 0 radical (unpaired) electrons. The summed E-state index contributed by atoms with van der Waals surface area (Å²) in [6, 6.07) is 13.7. The van der Waals surface area contributed by atoms with Gasteiger partial charge in [-0.1, -0.05) is 30.3 Å². The minimum atomic E-state index is 0.100. The molecule has 0 aliphatic carbocycles. The van der Waals surface area contributed by atoms with Gasteiger partial charge in [0.2, 0.25) is 5.91 Å². The lowest BCUT2D eigenvalue weighted by molar-refractivity contribution is -0.125. The van der Waals surface area contributed by atoms with E-state index < -0.39 is 0 Å². The first-order chi connectivity index (χ1) is 10.8. The van der Waals surface area contributed by atoms with Crippen LogP contribution in [0.15, 0.2) is 46.9 Å². The van der Waals surface area contributed by atoms with Gasteiger partial charge in [0, 0.05) is 18.2 Å². The molecule has 1 aromatic carbocycles. The van der Waals surface area contributed by atoms with Crippen LogP contribution in [0.4, 0.5) is 5.88 Å². The highest BCUT2D eigenvalue weighted by Crippen LogP contribution is 2.33. The number of furan rings is 1. The van der Waals surface area contributed by atoms with Crippen LogP contribution in [0.1, 0.15) is 12.8 Å². The molecule has 1 atom stereocenters. The smallest absolute Gasteiger partial charge is 0.231 e. The van der Waals surface area contributed by atoms with Crippen molar-refractivity contribution in [2.75, 3.05) is 25.0 Å². The van der Waals surface area contributed by atoms with E-state index in [9.17, 15) is 4.79 Å². The lowest BCUT2D eigenvalue weighted by Crippen LogP contribution is -2.51. The van der Waals surface area contributed by atoms with Gasteiger partial charge in [-0.05, 0) is 37.9 Å². The van der Waals surface area contributed by atoms with E-state index in [0.717, 1.165) is 43.8 Å². The van der Waals surface area contributed by atoms with Crippen molar-refractivity contribution >= 4 is 11.8 Å². The van der Waals surface area contributed by atoms with Crippen molar-refractivity contribution in [3.63, 3.8) is 0 Å². The number of fused-ring (bicyclic) bond motifs is 3. The average Bonchev–Trinajstić information content (AvgIpc) is 3.05. The Bertz CT molecular complexity index is 657. The summed E-state index contributed by atoms with van der Waals surface area (Å²) in [4.78, 5) is 14.9. The highest BCUT2D eigenvalue weighted by molar-refractivity contribution is 5.92. The fourth-order valence-corrected chi connectivity index (χ4v) is 3.64. The summed E-state index contributed by atoms with van der Waals surface area (Å²) in [6.07, 6.45) is 2.29. The number of nitrogens with one attached hydrogen (secondary N) is 1. The van der Waals surface area contributed by atoms with Crippen molar-refractivity contribution in [3.8, 4) is 11.3 Å². The number of carbonyl (C=O) groups excluding carboxylic acids is 1. The van der Waals surface area contributed by atoms with E-state index >= 15 is 0 Å². The standard InChI is InChI=1S/C18H20N2O2/c21-18(15-12-20-10-8-13(15)9-11-20)19-17-7-6-16(22-17)14-4-2-1-3-5-14/h1-7,13,15H,8-12H2,(H,19,21). The summed E-state index contributed by atoms with van der Waals surface area (Å²) >= 11 is 0. The number of benzene rings is 1. The molecule has 5 rings (SSSR count). The highest BCUT2D eigenvalue weighted by atomic mass is 16.4. The Hall–Kier alpha value is -2.07. The third-order valence-electron chi connectivity index (χ3n) is 4.90. The van der Waals surface area contributed by atoms with Crippen LogP contribution in [-0.2, 0) is 4.79 Å². The van der Waals surface area contributed by atoms with Crippen molar-refractivity contribution in [1.29, 1.82) is 0 Å². The average molecular weight is 296 g/mol. The second kappa shape index (κ2) is 5.61. The maximum absolute atomic E-state index is 12.5. The largest absolute Gasteiger partial charge is 0.440 e. The Morgan fingerprint density at radius 3 is 2.55 bits per heavy atom. The van der Waals surface area contributed by atoms with E-state index in [2.05, 4.69) is 10.2 Å². The number of hydrogen-bond acceptors (Lipinski definition) is 3. The number of amides is 1. The van der Waals surface area contributed by atoms with E-state index in [0.29, 0.717) is 11.8 Å². The van der Waals surface area contributed by atoms with Crippen molar-refractivity contribution in [2.45, 2.75) is 12.8 Å². The minimum absolute atomic E-state index is 0.100. The SMILES string of the molecule is O=C(Nc1ccc(-c2ccccc2)o1)C1CN2CCC1CC2. The molecule has 2 aromatic rings. The van der Waals surface area contributed by atoms with Gasteiger partial charge in [-0.3, -0.25) is 10.1 Å². The molecule has 114 valence electrons. The van der Waals surface area contributed by atoms with Crippen LogP contribution in [0.3, 0.4) is 0 Å². The van der Waals surface area contributed by atoms with Gasteiger partial charge in [-0.25, -0.2) is 0 Å². The van der Waals surface area contributed by atoms with Gasteiger partial charge >= 0.3 is 0 Å². The van der Waals surface area contributed by atoms with Crippen molar-refractivity contribution in [1.82, 2.24) is 4.90 Å². The van der Waals surface area contributed by atoms with E-state index in [-0.39, 0.29) is 11.8 Å². The quantitative estimate of drug-likeness (QED) is 0.946. The second-order valence-corrected chi connectivity index (χ2v) is 6.26. The summed E-state index contributed by atoms with van der Waals surface area (Å²) in [5.41, 5.74) is 1.02. The molecule has 4 heteroatoms. The lowest BCUT2D eigenvalue weighted by Gasteiger charge is -2.43. The molecule has 1 unspecified atom stereocenters. The third-order valence-corrected chi connectivity index (χ3v) is 4.90. The monoisotopic (exact) mass is 296 g/mol. The van der Waals surface area contributed by atoms with Gasteiger partial charge in [-0.2, -0.15) is 0 Å². The number of piperidine rings is 3. The molecule has 4 nitrogen and oxygen atoms in total. The van der Waals surface area contributed by atoms with Gasteiger partial charge in [0.1, 0.15) is 5.76 Å². The highest BCUT2D eigenvalue weighted by Gasteiger charge is 2.38. The molecule has 4 heterocycles. The topological polar surface area (TPSA) is 45.5 Å². The van der Waals surface area contributed by atoms with Gasteiger partial charge < -0.3 is 9.32 Å². The molecular weight excluding hydrogens is 276 g/mol. The minimum Gasteiger partial charge on any atom is -0.440 e. The summed E-state index contributed by atoms with van der Waals surface area (Å²) in [6.45, 7) is 3.18. The summed E-state index contributed by atoms with van der Waals surface area (Å²) in [7, 11) is 0. The molecule has 0 saturated carbocycles. The van der Waals surface area contributed by atoms with Gasteiger partial charge in [0.25, 0.3) is 0 Å². The molecule has 22 heavy (non-hydrogen) atoms. The predicted octanol–water partition coefficient (Wildman–Crippen LogP) is 3.23. The first-order valence-electron chi connectivity index (χ1n) is 7.98. The zero-order valence-corrected chi connectivity index (χ0v) is 12.5. The van der Waals surface area contributed by atoms with E-state index in [1.807, 2.05) is 42.5 Å². The van der Waals surface area contributed by atoms with Crippen LogP contribution in [0.2, 0.25) is 0 Å². The van der Waals surface area contributed by atoms with Crippen LogP contribution in [0.25, 0.3) is 11.3 Å². The van der Waals surface area contributed by atoms with Crippen LogP contribution in [0.5, 0.6) is 0 Å². The van der Waals surface area contributed by atoms with Crippen LogP contribution in [-0.4, -0.2) is 30.4 Å². The van der Waals surface area contributed by atoms with Gasteiger partial charge in [0.05, 0.1) is 5.92 Å². The Morgan fingerprint density at radius 1 is 1.09 bits per heavy atom. The number of rotatable bonds is 3. The van der Waals surface area contributed by atoms with Gasteiger partial charge in [-0.15, -0.1) is 0 Å². The number of carbonyl (C=O) groups is 1. The zero-order valence-electron chi connectivity index (χ0n) is 12.5. The molecule has 3 saturated heterocycles. The van der Waals surface area contributed by atoms with Crippen LogP contribution in [0, 0.1) is 11.8 Å². The number of nitrogens with zero attached hydrogens (tertiary/aromatic N) is 1. The predicted molar refractivity (Wildman–Crippen MR) is 85.4 cm³/mol. The van der Waals surface area contributed by atoms with Crippen molar-refractivity contribution in [2.24, 2.45) is 11.8 Å². The fourth-order valence-electron chi connectivity index (χ4n) is 3.64. The first kappa shape index (κ1) is 13.6. The first-order valence-corrected chi connectivity index (χ1v) is 7.98. The molecule has 1 amide bonds. The Balaban J connectivity index is 1.45. The summed E-state index contributed by atoms with van der Waals surface area (Å²) < 4.78 is 5.77. The zero-order chi connectivity index (χ0) is 14.9. The lowest BCUT2D eigenvalue weighted by atomic mass is 9.78. The van der Waals surface area contributed by atoms with Crippen molar-refractivity contribution in [3.05, 3.63) is 42.5 Å². The summed E-state index contributed by atoms with van der Waals surface area (Å²) in [5, 5.41) is 2.95. The van der Waals surface area contributed by atoms with Gasteiger partial charge in [0.15, 0.2) is 5.88 Å². The van der Waals surface area contributed by atoms with Crippen LogP contribution >= 0.6 is 0 Å². The normalized spacial score (nSPS) is 26.8. The Morgan fingerprint density at radius 2 is 1.86 bits per heavy atom. The van der Waals surface area contributed by atoms with E-state index in [4.69, 9.17) is 4.42 Å². The maximum atomic E-state index is 12.5. The Kier molecular flexibility index (Phi) is 3.47. The molecular formula is C18H20N2O2. The van der Waals surface area contributed by atoms with E-state index in [1.165, 1.54) is 0 Å². The summed E-state index contributed by atoms with van der Waals surface area (Å²) in [5.74, 6) is 2.06. The van der Waals surface area contributed by atoms with E-state index in [1.54, 1.807) is 0 Å². The molecule has 1 N–H and O–H groups in total. The number of hydrogen-bond donors (Lipinski definition) is 1. The molecule has 2 bridgehead atoms. The number of anilines is 1. The molecule has 3 aliphatic rings. The Labute approximate surface area is 130 Å². The maximum Gasteiger partial charge on any atom is 0.231 e.